The average molecular weight is 217 g/mol. The Bertz CT molecular complexity index is 195. The van der Waals surface area contributed by atoms with Crippen LogP contribution < -0.4 is 0 Å². The number of hydrogen-bond donors (Lipinski definition) is 0. The van der Waals surface area contributed by atoms with Crippen LogP contribution in [0.3, 0.4) is 0 Å². The van der Waals surface area contributed by atoms with Gasteiger partial charge in [0.05, 0.1) is 7.11 Å². The second-order valence-electron chi connectivity index (χ2n) is 3.02. The van der Waals surface area contributed by atoms with E-state index in [0.29, 0.717) is 6.04 Å². The predicted molar refractivity (Wildman–Crippen MR) is 61.4 cm³/mol. The predicted octanol–water partition coefficient (Wildman–Crippen LogP) is 1.75. The molecule has 0 fully saturated rings. The van der Waals surface area contributed by atoms with Crippen molar-refractivity contribution in [2.75, 3.05) is 26.2 Å². The lowest BCUT2D eigenvalue weighted by Crippen LogP contribution is -2.28. The topological polar surface area (TPSA) is 29.5 Å². The molecule has 0 amide bonds. The van der Waals surface area contributed by atoms with E-state index in [1.54, 1.807) is 6.20 Å². The summed E-state index contributed by atoms with van der Waals surface area (Å²) in [6.07, 6.45) is 6.38. The van der Waals surface area contributed by atoms with E-state index in [1.807, 2.05) is 23.7 Å². The molecule has 0 heterocycles. The van der Waals surface area contributed by atoms with Crippen LogP contribution in [0, 0.1) is 0 Å². The lowest BCUT2D eigenvalue weighted by Gasteiger charge is -2.24. The van der Waals surface area contributed by atoms with Crippen molar-refractivity contribution >= 4 is 17.7 Å². The van der Waals surface area contributed by atoms with Crippen LogP contribution in [-0.2, 0) is 9.53 Å². The third-order valence-electron chi connectivity index (χ3n) is 2.05. The molecule has 14 heavy (non-hydrogen) atoms. The Labute approximate surface area is 90.5 Å². The van der Waals surface area contributed by atoms with Crippen LogP contribution in [0.5, 0.6) is 0 Å². The fraction of sp³-hybridized carbons (Fsp3) is 0.700. The van der Waals surface area contributed by atoms with Crippen LogP contribution in [0.25, 0.3) is 0 Å². The molecule has 0 aliphatic rings. The molecule has 0 saturated carbocycles. The Morgan fingerprint density at radius 2 is 2.29 bits per heavy atom. The molecular formula is C10H19NO2S. The van der Waals surface area contributed by atoms with Crippen LogP contribution in [0.15, 0.2) is 12.3 Å². The van der Waals surface area contributed by atoms with E-state index >= 15 is 0 Å². The highest BCUT2D eigenvalue weighted by Gasteiger charge is 2.08. The maximum absolute atomic E-state index is 10.8. The second-order valence-corrected chi connectivity index (χ2v) is 3.93. The molecule has 0 aromatic heterocycles. The average Bonchev–Trinajstić information content (AvgIpc) is 2.21. The third kappa shape index (κ3) is 5.17. The van der Waals surface area contributed by atoms with Gasteiger partial charge in [0.25, 0.3) is 0 Å². The standard InChI is InChI=1S/C10H19NO2S/c1-5-9(8-14-4)11(2)7-6-10(12)13-3/h6-7,9H,5,8H2,1-4H3/b7-6+. The minimum Gasteiger partial charge on any atom is -0.466 e. The van der Waals surface area contributed by atoms with Gasteiger partial charge in [-0.2, -0.15) is 11.8 Å². The Morgan fingerprint density at radius 3 is 2.71 bits per heavy atom. The van der Waals surface area contributed by atoms with Gasteiger partial charge in [0.1, 0.15) is 0 Å². The number of nitrogens with zero attached hydrogens (tertiary/aromatic N) is 1. The van der Waals surface area contributed by atoms with E-state index in [0.717, 1.165) is 12.2 Å². The first-order valence-electron chi connectivity index (χ1n) is 4.62. The molecule has 4 heteroatoms. The van der Waals surface area contributed by atoms with Crippen LogP contribution in [0.1, 0.15) is 13.3 Å². The van der Waals surface area contributed by atoms with Crippen molar-refractivity contribution in [1.29, 1.82) is 0 Å². The molecule has 0 saturated heterocycles. The van der Waals surface area contributed by atoms with E-state index in [4.69, 9.17) is 0 Å². The van der Waals surface area contributed by atoms with E-state index in [2.05, 4.69) is 17.9 Å². The van der Waals surface area contributed by atoms with Crippen LogP contribution in [-0.4, -0.2) is 43.1 Å². The molecule has 1 unspecified atom stereocenters. The number of esters is 1. The number of rotatable bonds is 6. The van der Waals surface area contributed by atoms with Crippen LogP contribution in [0.4, 0.5) is 0 Å². The Morgan fingerprint density at radius 1 is 1.64 bits per heavy atom. The highest BCUT2D eigenvalue weighted by molar-refractivity contribution is 7.98. The number of carbonyl (C=O) groups excluding carboxylic acids is 1. The van der Waals surface area contributed by atoms with Gasteiger partial charge in [-0.05, 0) is 12.7 Å². The number of carbonyl (C=O) groups is 1. The van der Waals surface area contributed by atoms with Gasteiger partial charge < -0.3 is 9.64 Å². The zero-order valence-electron chi connectivity index (χ0n) is 9.32. The second kappa shape index (κ2) is 7.74. The summed E-state index contributed by atoms with van der Waals surface area (Å²) < 4.78 is 4.52. The summed E-state index contributed by atoms with van der Waals surface area (Å²) in [4.78, 5) is 12.9. The van der Waals surface area contributed by atoms with Crippen molar-refractivity contribution in [3.8, 4) is 0 Å². The summed E-state index contributed by atoms with van der Waals surface area (Å²) in [6.45, 7) is 2.14. The minimum absolute atomic E-state index is 0.309. The van der Waals surface area contributed by atoms with Crippen molar-refractivity contribution in [3.05, 3.63) is 12.3 Å². The summed E-state index contributed by atoms with van der Waals surface area (Å²) >= 11 is 1.81. The molecule has 0 aromatic rings. The molecule has 0 aliphatic carbocycles. The van der Waals surface area contributed by atoms with Crippen molar-refractivity contribution in [2.24, 2.45) is 0 Å². The first-order chi connectivity index (χ1) is 6.65. The monoisotopic (exact) mass is 217 g/mol. The fourth-order valence-corrected chi connectivity index (χ4v) is 1.94. The maximum atomic E-state index is 10.8. The van der Waals surface area contributed by atoms with Gasteiger partial charge >= 0.3 is 5.97 Å². The maximum Gasteiger partial charge on any atom is 0.331 e. The lowest BCUT2D eigenvalue weighted by molar-refractivity contribution is -0.134. The van der Waals surface area contributed by atoms with Crippen molar-refractivity contribution in [2.45, 2.75) is 19.4 Å². The van der Waals surface area contributed by atoms with Crippen LogP contribution >= 0.6 is 11.8 Å². The minimum atomic E-state index is -0.309. The van der Waals surface area contributed by atoms with Gasteiger partial charge in [-0.3, -0.25) is 0 Å². The number of hydrogen-bond acceptors (Lipinski definition) is 4. The molecule has 3 nitrogen and oxygen atoms in total. The lowest BCUT2D eigenvalue weighted by atomic mass is 10.2. The molecule has 0 aromatic carbocycles. The molecule has 0 aliphatic heterocycles. The third-order valence-corrected chi connectivity index (χ3v) is 2.77. The zero-order chi connectivity index (χ0) is 11.0. The van der Waals surface area contributed by atoms with Gasteiger partial charge in [0.2, 0.25) is 0 Å². The Kier molecular flexibility index (Phi) is 7.38. The highest BCUT2D eigenvalue weighted by atomic mass is 32.2. The molecule has 0 bridgehead atoms. The van der Waals surface area contributed by atoms with Gasteiger partial charge in [-0.25, -0.2) is 4.79 Å². The van der Waals surface area contributed by atoms with E-state index in [1.165, 1.54) is 13.2 Å². The molecular weight excluding hydrogens is 198 g/mol. The number of methoxy groups -OCH3 is 1. The fourth-order valence-electron chi connectivity index (χ4n) is 1.08. The van der Waals surface area contributed by atoms with E-state index < -0.39 is 0 Å². The smallest absolute Gasteiger partial charge is 0.331 e. The summed E-state index contributed by atoms with van der Waals surface area (Å²) in [5.74, 6) is 0.759. The molecule has 0 N–H and O–H groups in total. The first kappa shape index (κ1) is 13.4. The van der Waals surface area contributed by atoms with Crippen molar-refractivity contribution < 1.29 is 9.53 Å². The molecule has 1 atom stereocenters. The van der Waals surface area contributed by atoms with E-state index in [-0.39, 0.29) is 5.97 Å². The van der Waals surface area contributed by atoms with Gasteiger partial charge in [-0.15, -0.1) is 0 Å². The molecule has 0 spiro atoms. The van der Waals surface area contributed by atoms with Crippen LogP contribution in [0.2, 0.25) is 0 Å². The largest absolute Gasteiger partial charge is 0.466 e. The SMILES string of the molecule is CCC(CSC)N(C)/C=C/C(=O)OC. The first-order valence-corrected chi connectivity index (χ1v) is 6.02. The van der Waals surface area contributed by atoms with E-state index in [9.17, 15) is 4.79 Å². The Balaban J connectivity index is 4.08. The number of thioether (sulfide) groups is 1. The summed E-state index contributed by atoms with van der Waals surface area (Å²) in [5, 5.41) is 0. The quantitative estimate of drug-likeness (QED) is 0.501. The molecule has 0 rings (SSSR count). The molecule has 82 valence electrons. The van der Waals surface area contributed by atoms with Crippen molar-refractivity contribution in [3.63, 3.8) is 0 Å². The Hall–Kier alpha value is -0.640. The number of ether oxygens (including phenoxy) is 1. The summed E-state index contributed by atoms with van der Waals surface area (Å²) in [5.41, 5.74) is 0. The summed E-state index contributed by atoms with van der Waals surface area (Å²) in [7, 11) is 3.36. The summed E-state index contributed by atoms with van der Waals surface area (Å²) in [6, 6.07) is 0.478. The molecule has 0 radical (unpaired) electrons. The van der Waals surface area contributed by atoms with Crippen molar-refractivity contribution in [1.82, 2.24) is 4.90 Å². The van der Waals surface area contributed by atoms with Gasteiger partial charge in [0.15, 0.2) is 0 Å². The highest BCUT2D eigenvalue weighted by Crippen LogP contribution is 2.08. The van der Waals surface area contributed by atoms with Gasteiger partial charge in [-0.1, -0.05) is 6.92 Å². The zero-order valence-corrected chi connectivity index (χ0v) is 10.1. The van der Waals surface area contributed by atoms with Gasteiger partial charge in [0, 0.05) is 31.1 Å². The normalized spacial score (nSPS) is 12.9.